The van der Waals surface area contributed by atoms with Crippen LogP contribution in [0.2, 0.25) is 0 Å². The number of carbonyl (C=O) groups excluding carboxylic acids is 2. The van der Waals surface area contributed by atoms with E-state index >= 15 is 0 Å². The summed E-state index contributed by atoms with van der Waals surface area (Å²) in [6, 6.07) is -0.525. The molecular weight excluding hydrogens is 248 g/mol. The van der Waals surface area contributed by atoms with Crippen molar-refractivity contribution in [3.63, 3.8) is 0 Å². The third-order valence-corrected chi connectivity index (χ3v) is 2.21. The van der Waals surface area contributed by atoms with Crippen LogP contribution in [0.15, 0.2) is 12.3 Å². The molecule has 2 N–H and O–H groups in total. The van der Waals surface area contributed by atoms with Gasteiger partial charge in [-0.1, -0.05) is 6.08 Å². The minimum atomic E-state index is -0.525. The summed E-state index contributed by atoms with van der Waals surface area (Å²) in [5.74, 6) is 0. The fourth-order valence-electron chi connectivity index (χ4n) is 1.33. The molecule has 0 radical (unpaired) electrons. The van der Waals surface area contributed by atoms with Gasteiger partial charge in [0.25, 0.3) is 0 Å². The van der Waals surface area contributed by atoms with Crippen molar-refractivity contribution in [1.82, 2.24) is 10.6 Å². The maximum Gasteiger partial charge on any atom is 0.325 e. The lowest BCUT2D eigenvalue weighted by atomic mass is 10.2. The van der Waals surface area contributed by atoms with E-state index in [1.54, 1.807) is 13.0 Å². The van der Waals surface area contributed by atoms with E-state index < -0.39 is 6.03 Å². The fourth-order valence-corrected chi connectivity index (χ4v) is 1.33. The summed E-state index contributed by atoms with van der Waals surface area (Å²) in [6.07, 6.45) is 6.48. The highest BCUT2D eigenvalue weighted by molar-refractivity contribution is 5.84. The first kappa shape index (κ1) is 17.6. The topological polar surface area (TPSA) is 76.7 Å². The maximum absolute atomic E-state index is 10.3. The lowest BCUT2D eigenvalue weighted by Gasteiger charge is -2.11. The van der Waals surface area contributed by atoms with Crippen LogP contribution in [0.3, 0.4) is 0 Å². The zero-order valence-corrected chi connectivity index (χ0v) is 11.8. The third kappa shape index (κ3) is 11.4. The molecule has 19 heavy (non-hydrogen) atoms. The summed E-state index contributed by atoms with van der Waals surface area (Å²) in [7, 11) is 0. The number of rotatable bonds is 5. The number of urea groups is 1. The molecule has 6 nitrogen and oxygen atoms in total. The van der Waals surface area contributed by atoms with Gasteiger partial charge in [0.15, 0.2) is 0 Å². The molecule has 0 aromatic heterocycles. The fraction of sp³-hybridized carbons (Fsp3) is 0.692. The van der Waals surface area contributed by atoms with E-state index in [4.69, 9.17) is 9.47 Å². The molecule has 1 heterocycles. The Labute approximate surface area is 114 Å². The van der Waals surface area contributed by atoms with Crippen LogP contribution in [-0.2, 0) is 14.3 Å². The number of amides is 3. The molecule has 110 valence electrons. The van der Waals surface area contributed by atoms with Gasteiger partial charge in [0.1, 0.15) is 0 Å². The SMILES string of the molecule is C/C=C\NC(=O)NC=O.CC(C)OCC1CCCO1. The molecule has 1 fully saturated rings. The van der Waals surface area contributed by atoms with Crippen molar-refractivity contribution in [2.24, 2.45) is 0 Å². The van der Waals surface area contributed by atoms with Crippen LogP contribution in [0.25, 0.3) is 0 Å². The van der Waals surface area contributed by atoms with Crippen molar-refractivity contribution in [1.29, 1.82) is 0 Å². The quantitative estimate of drug-likeness (QED) is 0.745. The number of hydrogen-bond acceptors (Lipinski definition) is 4. The van der Waals surface area contributed by atoms with Gasteiger partial charge in [-0.05, 0) is 33.6 Å². The van der Waals surface area contributed by atoms with Crippen molar-refractivity contribution in [3.05, 3.63) is 12.3 Å². The maximum atomic E-state index is 10.3. The van der Waals surface area contributed by atoms with Crippen LogP contribution in [0.1, 0.15) is 33.6 Å². The molecule has 1 rings (SSSR count). The summed E-state index contributed by atoms with van der Waals surface area (Å²) < 4.78 is 10.8. The Bertz CT molecular complexity index is 274. The molecular formula is C13H24N2O4. The van der Waals surface area contributed by atoms with Crippen molar-refractivity contribution in [2.45, 2.75) is 45.8 Å². The normalized spacial score (nSPS) is 18.0. The first-order valence-electron chi connectivity index (χ1n) is 6.45. The average molecular weight is 272 g/mol. The number of carbonyl (C=O) groups is 2. The van der Waals surface area contributed by atoms with E-state index in [2.05, 4.69) is 19.2 Å². The Balaban J connectivity index is 0.000000344. The van der Waals surface area contributed by atoms with E-state index in [0.29, 0.717) is 18.6 Å². The third-order valence-electron chi connectivity index (χ3n) is 2.21. The molecule has 0 bridgehead atoms. The number of nitrogens with one attached hydrogen (secondary N) is 2. The van der Waals surface area contributed by atoms with Gasteiger partial charge in [0.2, 0.25) is 6.41 Å². The second kappa shape index (κ2) is 11.7. The molecule has 1 saturated heterocycles. The molecule has 0 saturated carbocycles. The molecule has 1 aliphatic heterocycles. The minimum Gasteiger partial charge on any atom is -0.376 e. The monoisotopic (exact) mass is 272 g/mol. The van der Waals surface area contributed by atoms with E-state index in [9.17, 15) is 9.59 Å². The van der Waals surface area contributed by atoms with Gasteiger partial charge in [0.05, 0.1) is 18.8 Å². The van der Waals surface area contributed by atoms with E-state index in [-0.39, 0.29) is 0 Å². The molecule has 1 unspecified atom stereocenters. The summed E-state index contributed by atoms with van der Waals surface area (Å²) >= 11 is 0. The number of hydrogen-bond donors (Lipinski definition) is 2. The van der Waals surface area contributed by atoms with E-state index in [0.717, 1.165) is 13.2 Å². The number of ether oxygens (including phenoxy) is 2. The van der Waals surface area contributed by atoms with Crippen molar-refractivity contribution >= 4 is 12.4 Å². The number of imide groups is 1. The Morgan fingerprint density at radius 3 is 2.68 bits per heavy atom. The van der Waals surface area contributed by atoms with Crippen LogP contribution in [0, 0.1) is 0 Å². The van der Waals surface area contributed by atoms with Crippen LogP contribution in [0.4, 0.5) is 4.79 Å². The predicted molar refractivity (Wildman–Crippen MR) is 72.6 cm³/mol. The molecule has 3 amide bonds. The van der Waals surface area contributed by atoms with E-state index in [1.807, 2.05) is 5.32 Å². The van der Waals surface area contributed by atoms with Gasteiger partial charge < -0.3 is 14.8 Å². The number of allylic oxidation sites excluding steroid dienone is 1. The van der Waals surface area contributed by atoms with Crippen molar-refractivity contribution < 1.29 is 19.1 Å². The summed E-state index contributed by atoms with van der Waals surface area (Å²) in [5, 5.41) is 4.17. The largest absolute Gasteiger partial charge is 0.376 e. The molecule has 1 atom stereocenters. The molecule has 0 aliphatic carbocycles. The van der Waals surface area contributed by atoms with Gasteiger partial charge in [-0.25, -0.2) is 4.79 Å². The van der Waals surface area contributed by atoms with Gasteiger partial charge in [-0.2, -0.15) is 0 Å². The summed E-state index contributed by atoms with van der Waals surface area (Å²) in [5.41, 5.74) is 0. The predicted octanol–water partition coefficient (Wildman–Crippen LogP) is 1.57. The smallest absolute Gasteiger partial charge is 0.325 e. The molecule has 1 aliphatic rings. The second-order valence-electron chi connectivity index (χ2n) is 4.25. The lowest BCUT2D eigenvalue weighted by molar-refractivity contribution is -0.108. The van der Waals surface area contributed by atoms with Crippen LogP contribution >= 0.6 is 0 Å². The molecule has 6 heteroatoms. The Morgan fingerprint density at radius 2 is 2.21 bits per heavy atom. The second-order valence-corrected chi connectivity index (χ2v) is 4.25. The van der Waals surface area contributed by atoms with Crippen LogP contribution < -0.4 is 10.6 Å². The Morgan fingerprint density at radius 1 is 1.47 bits per heavy atom. The van der Waals surface area contributed by atoms with Crippen molar-refractivity contribution in [2.75, 3.05) is 13.2 Å². The Kier molecular flexibility index (Phi) is 10.8. The van der Waals surface area contributed by atoms with Crippen LogP contribution in [0.5, 0.6) is 0 Å². The Hall–Kier alpha value is -1.40. The molecule has 0 aromatic rings. The summed E-state index contributed by atoms with van der Waals surface area (Å²) in [6.45, 7) is 7.55. The zero-order valence-electron chi connectivity index (χ0n) is 11.8. The van der Waals surface area contributed by atoms with Gasteiger partial charge in [0, 0.05) is 12.8 Å². The highest BCUT2D eigenvalue weighted by Gasteiger charge is 2.15. The average Bonchev–Trinajstić information content (AvgIpc) is 2.88. The molecule has 0 aromatic carbocycles. The lowest BCUT2D eigenvalue weighted by Crippen LogP contribution is -2.30. The minimum absolute atomic E-state index is 0.318. The van der Waals surface area contributed by atoms with Crippen LogP contribution in [-0.4, -0.2) is 37.9 Å². The van der Waals surface area contributed by atoms with Gasteiger partial charge >= 0.3 is 6.03 Å². The van der Waals surface area contributed by atoms with Gasteiger partial charge in [-0.3, -0.25) is 10.1 Å². The van der Waals surface area contributed by atoms with Gasteiger partial charge in [-0.15, -0.1) is 0 Å². The first-order chi connectivity index (χ1) is 9.10. The highest BCUT2D eigenvalue weighted by Crippen LogP contribution is 2.12. The standard InChI is InChI=1S/C8H16O2.C5H8N2O2/c1-7(2)10-6-8-4-3-5-9-8;1-2-3-6-5(9)7-4-8/h7-8H,3-6H2,1-2H3;2-4H,1H3,(H2,6,7,8,9)/b;3-2-. The summed E-state index contributed by atoms with van der Waals surface area (Å²) in [4.78, 5) is 19.9. The zero-order chi connectivity index (χ0) is 14.5. The van der Waals surface area contributed by atoms with E-state index in [1.165, 1.54) is 19.0 Å². The molecule has 0 spiro atoms. The highest BCUT2D eigenvalue weighted by atomic mass is 16.5. The van der Waals surface area contributed by atoms with Crippen molar-refractivity contribution in [3.8, 4) is 0 Å². The first-order valence-corrected chi connectivity index (χ1v) is 6.45.